The molecule has 8 heteroatoms. The van der Waals surface area contributed by atoms with Crippen molar-refractivity contribution in [3.05, 3.63) is 88.5 Å². The molecule has 7 nitrogen and oxygen atoms in total. The Balaban J connectivity index is 1.72. The van der Waals surface area contributed by atoms with E-state index >= 15 is 0 Å². The summed E-state index contributed by atoms with van der Waals surface area (Å²) in [7, 11) is 1.57. The first-order valence-corrected chi connectivity index (χ1v) is 12.7. The third kappa shape index (κ3) is 4.34. The number of aliphatic hydroxyl groups is 1. The molecule has 0 radical (unpaired) electrons. The van der Waals surface area contributed by atoms with Crippen LogP contribution in [-0.2, 0) is 9.59 Å². The van der Waals surface area contributed by atoms with Crippen molar-refractivity contribution < 1.29 is 24.2 Å². The summed E-state index contributed by atoms with van der Waals surface area (Å²) < 4.78 is 11.8. The second-order valence-electron chi connectivity index (χ2n) is 8.83. The summed E-state index contributed by atoms with van der Waals surface area (Å²) in [6, 6.07) is 17.1. The van der Waals surface area contributed by atoms with Gasteiger partial charge in [-0.25, -0.2) is 4.98 Å². The van der Waals surface area contributed by atoms with Gasteiger partial charge in [-0.3, -0.25) is 14.5 Å². The van der Waals surface area contributed by atoms with Crippen LogP contribution in [0.15, 0.2) is 66.2 Å². The Kier molecular flexibility index (Phi) is 6.43. The average Bonchev–Trinajstić information content (AvgIpc) is 3.42. The molecule has 3 aromatic carbocycles. The normalized spacial score (nSPS) is 17.0. The number of ketones is 1. The van der Waals surface area contributed by atoms with Crippen molar-refractivity contribution in [3.63, 3.8) is 0 Å². The van der Waals surface area contributed by atoms with Crippen LogP contribution in [-0.4, -0.2) is 35.5 Å². The number of benzene rings is 3. The highest BCUT2D eigenvalue weighted by Gasteiger charge is 2.48. The molecule has 37 heavy (non-hydrogen) atoms. The lowest BCUT2D eigenvalue weighted by atomic mass is 9.95. The number of nitrogens with zero attached hydrogens (tertiary/aromatic N) is 2. The number of aliphatic hydroxyl groups excluding tert-OH is 1. The number of carbonyl (C=O) groups is 2. The molecule has 0 bridgehead atoms. The Morgan fingerprint density at radius 1 is 1.05 bits per heavy atom. The van der Waals surface area contributed by atoms with E-state index < -0.39 is 17.7 Å². The molecule has 1 aromatic heterocycles. The van der Waals surface area contributed by atoms with Crippen LogP contribution in [0.3, 0.4) is 0 Å². The molecule has 5 rings (SSSR count). The Bertz CT molecular complexity index is 1550. The van der Waals surface area contributed by atoms with E-state index in [1.165, 1.54) is 16.2 Å². The number of methoxy groups -OCH3 is 1. The molecule has 4 aromatic rings. The lowest BCUT2D eigenvalue weighted by Crippen LogP contribution is -2.29. The quantitative estimate of drug-likeness (QED) is 0.194. The number of aromatic nitrogens is 1. The third-order valence-electron chi connectivity index (χ3n) is 6.32. The lowest BCUT2D eigenvalue weighted by molar-refractivity contribution is -0.132. The van der Waals surface area contributed by atoms with Gasteiger partial charge in [-0.05, 0) is 67.8 Å². The minimum Gasteiger partial charge on any atom is -0.507 e. The summed E-state index contributed by atoms with van der Waals surface area (Å²) in [6.45, 7) is 6.30. The molecule has 1 unspecified atom stereocenters. The first kappa shape index (κ1) is 24.5. The molecule has 0 aliphatic carbocycles. The van der Waals surface area contributed by atoms with Gasteiger partial charge in [0.15, 0.2) is 5.13 Å². The topological polar surface area (TPSA) is 89.0 Å². The van der Waals surface area contributed by atoms with Gasteiger partial charge in [-0.1, -0.05) is 41.7 Å². The van der Waals surface area contributed by atoms with E-state index in [4.69, 9.17) is 14.5 Å². The van der Waals surface area contributed by atoms with Crippen molar-refractivity contribution in [1.29, 1.82) is 0 Å². The molecule has 188 valence electrons. The van der Waals surface area contributed by atoms with Crippen molar-refractivity contribution in [2.45, 2.75) is 26.8 Å². The van der Waals surface area contributed by atoms with Gasteiger partial charge in [-0.2, -0.15) is 0 Å². The van der Waals surface area contributed by atoms with Crippen LogP contribution in [0.5, 0.6) is 11.5 Å². The van der Waals surface area contributed by atoms with Gasteiger partial charge in [-0.15, -0.1) is 0 Å². The monoisotopic (exact) mass is 514 g/mol. The summed E-state index contributed by atoms with van der Waals surface area (Å²) in [4.78, 5) is 33.1. The Morgan fingerprint density at radius 3 is 2.51 bits per heavy atom. The van der Waals surface area contributed by atoms with Gasteiger partial charge in [0, 0.05) is 5.56 Å². The maximum Gasteiger partial charge on any atom is 0.301 e. The van der Waals surface area contributed by atoms with E-state index in [2.05, 4.69) is 0 Å². The number of Topliss-reactive ketones (excluding diaryl/α,β-unsaturated/α-hetero) is 1. The van der Waals surface area contributed by atoms with Crippen LogP contribution in [0.4, 0.5) is 5.13 Å². The molecule has 0 saturated carbocycles. The van der Waals surface area contributed by atoms with Crippen molar-refractivity contribution in [2.75, 3.05) is 18.6 Å². The van der Waals surface area contributed by atoms with E-state index in [9.17, 15) is 14.7 Å². The molecular weight excluding hydrogens is 488 g/mol. The predicted octanol–water partition coefficient (Wildman–Crippen LogP) is 5.95. The number of aryl methyl sites for hydroxylation is 2. The second kappa shape index (κ2) is 9.71. The minimum absolute atomic E-state index is 0.00373. The van der Waals surface area contributed by atoms with E-state index in [0.29, 0.717) is 34.4 Å². The van der Waals surface area contributed by atoms with Crippen LogP contribution in [0, 0.1) is 13.8 Å². The van der Waals surface area contributed by atoms with Gasteiger partial charge < -0.3 is 14.6 Å². The van der Waals surface area contributed by atoms with Crippen LogP contribution < -0.4 is 14.4 Å². The van der Waals surface area contributed by atoms with Gasteiger partial charge in [0.2, 0.25) is 0 Å². The molecule has 1 aliphatic rings. The summed E-state index contributed by atoms with van der Waals surface area (Å²) in [5.74, 6) is -0.588. The molecular formula is C29H26N2O5S. The van der Waals surface area contributed by atoms with Crippen molar-refractivity contribution in [1.82, 2.24) is 4.98 Å². The van der Waals surface area contributed by atoms with E-state index in [-0.39, 0.29) is 11.3 Å². The van der Waals surface area contributed by atoms with Gasteiger partial charge in [0.1, 0.15) is 17.3 Å². The fraction of sp³-hybridized carbons (Fsp3) is 0.207. The zero-order valence-corrected chi connectivity index (χ0v) is 21.8. The fourth-order valence-electron chi connectivity index (χ4n) is 4.65. The Morgan fingerprint density at radius 2 is 1.81 bits per heavy atom. The highest BCUT2D eigenvalue weighted by atomic mass is 32.1. The lowest BCUT2D eigenvalue weighted by Gasteiger charge is -2.23. The second-order valence-corrected chi connectivity index (χ2v) is 9.84. The zero-order chi connectivity index (χ0) is 26.3. The first-order valence-electron chi connectivity index (χ1n) is 11.9. The number of rotatable bonds is 6. The highest BCUT2D eigenvalue weighted by Crippen LogP contribution is 2.45. The van der Waals surface area contributed by atoms with Gasteiger partial charge in [0.05, 0.1) is 35.5 Å². The van der Waals surface area contributed by atoms with Crippen molar-refractivity contribution >= 4 is 44.1 Å². The van der Waals surface area contributed by atoms with Crippen LogP contribution in [0.1, 0.15) is 35.2 Å². The fourth-order valence-corrected chi connectivity index (χ4v) is 5.82. The number of hydrogen-bond acceptors (Lipinski definition) is 7. The summed E-state index contributed by atoms with van der Waals surface area (Å²) >= 11 is 1.35. The Labute approximate surface area is 218 Å². The van der Waals surface area contributed by atoms with Crippen LogP contribution in [0.25, 0.3) is 16.0 Å². The first-order chi connectivity index (χ1) is 17.8. The minimum atomic E-state index is -0.872. The summed E-state index contributed by atoms with van der Waals surface area (Å²) in [5.41, 5.74) is 3.89. The number of anilines is 1. The molecule has 1 aliphatic heterocycles. The standard InChI is InChI=1S/C29H26N2O5S/c1-5-36-21-8-6-7-19(15-21)26(32)23-25(18-9-11-20(35-4)12-10-18)31(28(34)27(23)33)29-30-24-17(3)13-16(2)14-22(24)37-29/h6-15,25,32H,5H2,1-4H3. The number of amides is 1. The number of fused-ring (bicyclic) bond motifs is 1. The number of ether oxygens (including phenoxy) is 2. The van der Waals surface area contributed by atoms with Crippen LogP contribution >= 0.6 is 11.3 Å². The Hall–Kier alpha value is -4.17. The molecule has 1 fully saturated rings. The van der Waals surface area contributed by atoms with E-state index in [1.807, 2.05) is 32.9 Å². The predicted molar refractivity (Wildman–Crippen MR) is 144 cm³/mol. The molecule has 0 spiro atoms. The van der Waals surface area contributed by atoms with Crippen molar-refractivity contribution in [3.8, 4) is 11.5 Å². The maximum atomic E-state index is 13.5. The van der Waals surface area contributed by atoms with Crippen LogP contribution in [0.2, 0.25) is 0 Å². The molecule has 2 heterocycles. The largest absolute Gasteiger partial charge is 0.507 e. The number of thiazole rings is 1. The number of carbonyl (C=O) groups excluding carboxylic acids is 2. The average molecular weight is 515 g/mol. The molecule has 1 amide bonds. The highest BCUT2D eigenvalue weighted by molar-refractivity contribution is 7.22. The smallest absolute Gasteiger partial charge is 0.301 e. The zero-order valence-electron chi connectivity index (χ0n) is 20.9. The van der Waals surface area contributed by atoms with Gasteiger partial charge in [0.25, 0.3) is 5.78 Å². The summed E-state index contributed by atoms with van der Waals surface area (Å²) in [5, 5.41) is 11.8. The maximum absolute atomic E-state index is 13.5. The molecule has 1 N–H and O–H groups in total. The van der Waals surface area contributed by atoms with Gasteiger partial charge >= 0.3 is 5.91 Å². The van der Waals surface area contributed by atoms with Crippen molar-refractivity contribution in [2.24, 2.45) is 0 Å². The van der Waals surface area contributed by atoms with E-state index in [0.717, 1.165) is 21.3 Å². The number of hydrogen-bond donors (Lipinski definition) is 1. The molecule has 1 atom stereocenters. The third-order valence-corrected chi connectivity index (χ3v) is 7.32. The molecule has 1 saturated heterocycles. The SMILES string of the molecule is CCOc1cccc(C(O)=C2C(=O)C(=O)N(c3nc4c(C)cc(C)cc4s3)C2c2ccc(OC)cc2)c1. The summed E-state index contributed by atoms with van der Waals surface area (Å²) in [6.07, 6.45) is 0. The van der Waals surface area contributed by atoms with E-state index in [1.54, 1.807) is 55.6 Å².